The standard InChI is InChI=1S/C21H29N3O3/c1-3-17-11-7-8-14-23(17)18(25)15-24-19(26)21(2,22-20(24)27)13-12-16-9-5-4-6-10-16/h4-6,9-10,17H,3,7-8,11-15H2,1-2H3,(H,22,27)/t17-,21-/m0/s1. The van der Waals surface area contributed by atoms with Crippen LogP contribution in [-0.4, -0.2) is 52.3 Å². The Morgan fingerprint density at radius 2 is 1.96 bits per heavy atom. The third-order valence-corrected chi connectivity index (χ3v) is 5.81. The molecule has 0 unspecified atom stereocenters. The number of nitrogens with zero attached hydrogens (tertiary/aromatic N) is 2. The van der Waals surface area contributed by atoms with E-state index in [-0.39, 0.29) is 24.4 Å². The van der Waals surface area contributed by atoms with Crippen molar-refractivity contribution in [1.29, 1.82) is 0 Å². The smallest absolute Gasteiger partial charge is 0.325 e. The molecule has 146 valence electrons. The van der Waals surface area contributed by atoms with Crippen LogP contribution in [0.15, 0.2) is 30.3 Å². The van der Waals surface area contributed by atoms with E-state index in [9.17, 15) is 14.4 Å². The van der Waals surface area contributed by atoms with Gasteiger partial charge in [-0.25, -0.2) is 4.79 Å². The molecule has 6 heteroatoms. The molecule has 27 heavy (non-hydrogen) atoms. The number of aryl methyl sites for hydroxylation is 1. The van der Waals surface area contributed by atoms with Crippen molar-refractivity contribution in [2.75, 3.05) is 13.1 Å². The Hall–Kier alpha value is -2.37. The minimum Gasteiger partial charge on any atom is -0.338 e. The van der Waals surface area contributed by atoms with E-state index in [1.807, 2.05) is 35.2 Å². The Morgan fingerprint density at radius 3 is 2.67 bits per heavy atom. The van der Waals surface area contributed by atoms with E-state index in [1.165, 1.54) is 0 Å². The van der Waals surface area contributed by atoms with Crippen LogP contribution in [0, 0.1) is 0 Å². The summed E-state index contributed by atoms with van der Waals surface area (Å²) in [6.07, 6.45) is 5.21. The summed E-state index contributed by atoms with van der Waals surface area (Å²) in [5.74, 6) is -0.431. The number of rotatable bonds is 6. The summed E-state index contributed by atoms with van der Waals surface area (Å²) >= 11 is 0. The highest BCUT2D eigenvalue weighted by atomic mass is 16.2. The Labute approximate surface area is 160 Å². The summed E-state index contributed by atoms with van der Waals surface area (Å²) < 4.78 is 0. The molecule has 0 aliphatic carbocycles. The van der Waals surface area contributed by atoms with E-state index in [1.54, 1.807) is 6.92 Å². The van der Waals surface area contributed by atoms with Gasteiger partial charge in [0.15, 0.2) is 0 Å². The zero-order valence-corrected chi connectivity index (χ0v) is 16.2. The molecule has 0 bridgehead atoms. The Bertz CT molecular complexity index is 706. The molecule has 1 aromatic rings. The van der Waals surface area contributed by atoms with Gasteiger partial charge >= 0.3 is 6.03 Å². The normalized spacial score (nSPS) is 25.6. The maximum absolute atomic E-state index is 12.9. The molecular formula is C21H29N3O3. The van der Waals surface area contributed by atoms with Crippen LogP contribution in [0.4, 0.5) is 4.79 Å². The highest BCUT2D eigenvalue weighted by molar-refractivity contribution is 6.08. The average Bonchev–Trinajstić information content (AvgIpc) is 2.90. The van der Waals surface area contributed by atoms with Gasteiger partial charge in [0.05, 0.1) is 0 Å². The molecule has 2 aliphatic rings. The number of imide groups is 1. The Kier molecular flexibility index (Phi) is 5.82. The Morgan fingerprint density at radius 1 is 1.22 bits per heavy atom. The number of likely N-dealkylation sites (tertiary alicyclic amines) is 1. The first-order chi connectivity index (χ1) is 12.9. The molecule has 2 fully saturated rings. The van der Waals surface area contributed by atoms with Gasteiger partial charge in [-0.15, -0.1) is 0 Å². The third-order valence-electron chi connectivity index (χ3n) is 5.81. The van der Waals surface area contributed by atoms with Gasteiger partial charge in [-0.05, 0) is 51.0 Å². The van der Waals surface area contributed by atoms with E-state index in [0.717, 1.165) is 36.1 Å². The van der Waals surface area contributed by atoms with Gasteiger partial charge in [0.25, 0.3) is 5.91 Å². The molecule has 2 aliphatic heterocycles. The van der Waals surface area contributed by atoms with Crippen molar-refractivity contribution in [3.8, 4) is 0 Å². The number of piperidine rings is 1. The predicted octanol–water partition coefficient (Wildman–Crippen LogP) is 2.72. The van der Waals surface area contributed by atoms with E-state index in [0.29, 0.717) is 19.4 Å². The van der Waals surface area contributed by atoms with Crippen molar-refractivity contribution in [3.05, 3.63) is 35.9 Å². The fourth-order valence-electron chi connectivity index (χ4n) is 4.08. The number of urea groups is 1. The number of hydrogen-bond donors (Lipinski definition) is 1. The highest BCUT2D eigenvalue weighted by Gasteiger charge is 2.48. The van der Waals surface area contributed by atoms with Crippen molar-refractivity contribution < 1.29 is 14.4 Å². The molecule has 0 saturated carbocycles. The summed E-state index contributed by atoms with van der Waals surface area (Å²) in [6.45, 7) is 4.37. The van der Waals surface area contributed by atoms with Crippen LogP contribution in [0.2, 0.25) is 0 Å². The zero-order chi connectivity index (χ0) is 19.4. The van der Waals surface area contributed by atoms with Gasteiger partial charge in [0.1, 0.15) is 12.1 Å². The van der Waals surface area contributed by atoms with Gasteiger partial charge in [0.2, 0.25) is 5.91 Å². The molecular weight excluding hydrogens is 342 g/mol. The third kappa shape index (κ3) is 4.15. The van der Waals surface area contributed by atoms with E-state index in [4.69, 9.17) is 0 Å². The van der Waals surface area contributed by atoms with Crippen LogP contribution in [0.3, 0.4) is 0 Å². The van der Waals surface area contributed by atoms with Crippen molar-refractivity contribution >= 4 is 17.8 Å². The van der Waals surface area contributed by atoms with Gasteiger partial charge in [-0.1, -0.05) is 37.3 Å². The first kappa shape index (κ1) is 19.4. The van der Waals surface area contributed by atoms with Gasteiger partial charge < -0.3 is 10.2 Å². The summed E-state index contributed by atoms with van der Waals surface area (Å²) in [4.78, 5) is 41.0. The maximum atomic E-state index is 12.9. The second-order valence-electron chi connectivity index (χ2n) is 7.78. The number of carbonyl (C=O) groups excluding carboxylic acids is 3. The summed E-state index contributed by atoms with van der Waals surface area (Å²) in [5.41, 5.74) is 0.161. The zero-order valence-electron chi connectivity index (χ0n) is 16.2. The lowest BCUT2D eigenvalue weighted by molar-refractivity contribution is -0.141. The fourth-order valence-corrected chi connectivity index (χ4v) is 4.08. The van der Waals surface area contributed by atoms with E-state index >= 15 is 0 Å². The molecule has 0 radical (unpaired) electrons. The van der Waals surface area contributed by atoms with E-state index in [2.05, 4.69) is 12.2 Å². The topological polar surface area (TPSA) is 69.7 Å². The number of hydrogen-bond acceptors (Lipinski definition) is 3. The predicted molar refractivity (Wildman–Crippen MR) is 103 cm³/mol. The van der Waals surface area contributed by atoms with Gasteiger partial charge in [0, 0.05) is 12.6 Å². The monoisotopic (exact) mass is 371 g/mol. The van der Waals surface area contributed by atoms with Crippen molar-refractivity contribution in [2.24, 2.45) is 0 Å². The van der Waals surface area contributed by atoms with E-state index < -0.39 is 11.6 Å². The molecule has 0 aromatic heterocycles. The molecule has 6 nitrogen and oxygen atoms in total. The molecule has 4 amide bonds. The lowest BCUT2D eigenvalue weighted by atomic mass is 9.93. The van der Waals surface area contributed by atoms with Crippen LogP contribution in [-0.2, 0) is 16.0 Å². The van der Waals surface area contributed by atoms with Crippen molar-refractivity contribution in [1.82, 2.24) is 15.1 Å². The lowest BCUT2D eigenvalue weighted by Gasteiger charge is -2.36. The average molecular weight is 371 g/mol. The lowest BCUT2D eigenvalue weighted by Crippen LogP contribution is -2.49. The van der Waals surface area contributed by atoms with Crippen molar-refractivity contribution in [3.63, 3.8) is 0 Å². The first-order valence-electron chi connectivity index (χ1n) is 9.92. The SMILES string of the molecule is CC[C@H]1CCCCN1C(=O)CN1C(=O)N[C@@](C)(CCc2ccccc2)C1=O. The summed E-state index contributed by atoms with van der Waals surface area (Å²) in [5, 5.41) is 2.80. The largest absolute Gasteiger partial charge is 0.338 e. The molecule has 1 aromatic carbocycles. The van der Waals surface area contributed by atoms with Crippen LogP contribution in [0.1, 0.15) is 51.5 Å². The maximum Gasteiger partial charge on any atom is 0.325 e. The number of carbonyl (C=O) groups is 3. The van der Waals surface area contributed by atoms with Crippen LogP contribution < -0.4 is 5.32 Å². The second kappa shape index (κ2) is 8.11. The second-order valence-corrected chi connectivity index (χ2v) is 7.78. The summed E-state index contributed by atoms with van der Waals surface area (Å²) in [7, 11) is 0. The van der Waals surface area contributed by atoms with Gasteiger partial charge in [-0.2, -0.15) is 0 Å². The molecule has 0 spiro atoms. The quantitative estimate of drug-likeness (QED) is 0.782. The fraction of sp³-hybridized carbons (Fsp3) is 0.571. The minimum atomic E-state index is -0.959. The number of amides is 4. The summed E-state index contributed by atoms with van der Waals surface area (Å²) in [6, 6.07) is 9.64. The molecule has 1 N–H and O–H groups in total. The molecule has 3 rings (SSSR count). The highest BCUT2D eigenvalue weighted by Crippen LogP contribution is 2.25. The first-order valence-corrected chi connectivity index (χ1v) is 9.92. The molecule has 2 heterocycles. The van der Waals surface area contributed by atoms with Crippen LogP contribution in [0.25, 0.3) is 0 Å². The number of nitrogens with one attached hydrogen (secondary N) is 1. The Balaban J connectivity index is 1.63. The van der Waals surface area contributed by atoms with Gasteiger partial charge in [-0.3, -0.25) is 14.5 Å². The van der Waals surface area contributed by atoms with Crippen LogP contribution >= 0.6 is 0 Å². The minimum absolute atomic E-state index is 0.127. The molecule has 2 saturated heterocycles. The molecule has 2 atom stereocenters. The number of benzene rings is 1. The van der Waals surface area contributed by atoms with Crippen molar-refractivity contribution in [2.45, 2.75) is 64.0 Å². The van der Waals surface area contributed by atoms with Crippen LogP contribution in [0.5, 0.6) is 0 Å².